The van der Waals surface area contributed by atoms with Gasteiger partial charge in [-0.25, -0.2) is 4.68 Å². The van der Waals surface area contributed by atoms with E-state index in [4.69, 9.17) is 17.3 Å². The first-order valence-electron chi connectivity index (χ1n) is 6.20. The summed E-state index contributed by atoms with van der Waals surface area (Å²) in [5, 5.41) is 12.6. The summed E-state index contributed by atoms with van der Waals surface area (Å²) in [4.78, 5) is 0. The van der Waals surface area contributed by atoms with E-state index in [0.29, 0.717) is 23.1 Å². The minimum atomic E-state index is 0.489. The normalized spacial score (nSPS) is 10.8. The highest BCUT2D eigenvalue weighted by Gasteiger charge is 2.13. The van der Waals surface area contributed by atoms with E-state index >= 15 is 0 Å². The largest absolute Gasteiger partial charge is 0.399 e. The van der Waals surface area contributed by atoms with E-state index in [1.807, 2.05) is 42.5 Å². The fourth-order valence-electron chi connectivity index (χ4n) is 2.01. The number of halogens is 2. The van der Waals surface area contributed by atoms with Crippen LogP contribution in [0.2, 0.25) is 5.02 Å². The molecule has 2 N–H and O–H groups in total. The molecular formula is C14H11BrClN5. The molecule has 0 fully saturated rings. The van der Waals surface area contributed by atoms with Crippen molar-refractivity contribution in [1.82, 2.24) is 20.2 Å². The second-order valence-electron chi connectivity index (χ2n) is 4.49. The third kappa shape index (κ3) is 2.91. The van der Waals surface area contributed by atoms with Crippen LogP contribution < -0.4 is 5.73 Å². The van der Waals surface area contributed by atoms with Crippen molar-refractivity contribution in [2.45, 2.75) is 6.54 Å². The van der Waals surface area contributed by atoms with Gasteiger partial charge in [0, 0.05) is 20.7 Å². The van der Waals surface area contributed by atoms with Crippen LogP contribution in [-0.4, -0.2) is 20.2 Å². The molecule has 1 aromatic heterocycles. The first-order valence-corrected chi connectivity index (χ1v) is 7.37. The van der Waals surface area contributed by atoms with Gasteiger partial charge in [-0.05, 0) is 40.3 Å². The quantitative estimate of drug-likeness (QED) is 0.723. The van der Waals surface area contributed by atoms with Crippen molar-refractivity contribution in [3.63, 3.8) is 0 Å². The number of hydrogen-bond acceptors (Lipinski definition) is 4. The van der Waals surface area contributed by atoms with Gasteiger partial charge in [0.15, 0.2) is 5.82 Å². The average molecular weight is 365 g/mol. The molecule has 0 atom stereocenters. The first-order chi connectivity index (χ1) is 10.1. The maximum absolute atomic E-state index is 6.18. The number of benzene rings is 2. The van der Waals surface area contributed by atoms with Crippen LogP contribution in [-0.2, 0) is 6.54 Å². The number of hydrogen-bond donors (Lipinski definition) is 1. The molecule has 0 aliphatic carbocycles. The third-order valence-corrected chi connectivity index (χ3v) is 4.10. The van der Waals surface area contributed by atoms with E-state index in [1.54, 1.807) is 4.68 Å². The topological polar surface area (TPSA) is 69.6 Å². The van der Waals surface area contributed by atoms with Crippen LogP contribution in [0, 0.1) is 0 Å². The van der Waals surface area contributed by atoms with Crippen molar-refractivity contribution in [2.24, 2.45) is 0 Å². The predicted octanol–water partition coefficient (Wildman–Crippen LogP) is 3.39. The molecule has 0 amide bonds. The van der Waals surface area contributed by atoms with Crippen molar-refractivity contribution < 1.29 is 0 Å². The van der Waals surface area contributed by atoms with E-state index in [2.05, 4.69) is 31.5 Å². The first kappa shape index (κ1) is 14.0. The molecule has 0 radical (unpaired) electrons. The second-order valence-corrected chi connectivity index (χ2v) is 5.75. The summed E-state index contributed by atoms with van der Waals surface area (Å²) in [7, 11) is 0. The fourth-order valence-corrected chi connectivity index (χ4v) is 2.63. The van der Waals surface area contributed by atoms with Crippen LogP contribution in [0.3, 0.4) is 0 Å². The number of nitrogens with two attached hydrogens (primary N) is 1. The Labute approximate surface area is 134 Å². The van der Waals surface area contributed by atoms with Gasteiger partial charge < -0.3 is 5.73 Å². The summed E-state index contributed by atoms with van der Waals surface area (Å²) in [6, 6.07) is 13.1. The Bertz CT molecular complexity index is 787. The Hall–Kier alpha value is -1.92. The highest BCUT2D eigenvalue weighted by atomic mass is 79.9. The molecule has 0 bridgehead atoms. The zero-order chi connectivity index (χ0) is 14.8. The molecule has 0 aliphatic heterocycles. The maximum atomic E-state index is 6.18. The van der Waals surface area contributed by atoms with Crippen molar-refractivity contribution >= 4 is 33.2 Å². The van der Waals surface area contributed by atoms with Gasteiger partial charge in [0.25, 0.3) is 0 Å². The van der Waals surface area contributed by atoms with Crippen LogP contribution in [0.15, 0.2) is 46.9 Å². The van der Waals surface area contributed by atoms with Crippen LogP contribution >= 0.6 is 27.5 Å². The standard InChI is InChI=1S/C14H11BrClN5/c15-12-6-5-10(17)7-11(12)14-18-19-20-21(14)8-9-3-1-2-4-13(9)16/h1-7H,8,17H2. The van der Waals surface area contributed by atoms with E-state index in [-0.39, 0.29) is 0 Å². The van der Waals surface area contributed by atoms with Gasteiger partial charge in [0.05, 0.1) is 6.54 Å². The van der Waals surface area contributed by atoms with E-state index in [0.717, 1.165) is 15.6 Å². The molecule has 0 unspecified atom stereocenters. The van der Waals surface area contributed by atoms with Gasteiger partial charge in [-0.1, -0.05) is 45.7 Å². The monoisotopic (exact) mass is 363 g/mol. The highest BCUT2D eigenvalue weighted by molar-refractivity contribution is 9.10. The van der Waals surface area contributed by atoms with Crippen LogP contribution in [0.4, 0.5) is 5.69 Å². The van der Waals surface area contributed by atoms with Gasteiger partial charge in [0.2, 0.25) is 0 Å². The minimum absolute atomic E-state index is 0.489. The molecule has 21 heavy (non-hydrogen) atoms. The summed E-state index contributed by atoms with van der Waals surface area (Å²) in [6.45, 7) is 0.489. The molecule has 106 valence electrons. The van der Waals surface area contributed by atoms with Gasteiger partial charge in [-0.15, -0.1) is 5.10 Å². The Morgan fingerprint density at radius 3 is 2.81 bits per heavy atom. The highest BCUT2D eigenvalue weighted by Crippen LogP contribution is 2.29. The summed E-state index contributed by atoms with van der Waals surface area (Å²) >= 11 is 9.68. The Balaban J connectivity index is 2.02. The van der Waals surface area contributed by atoms with E-state index < -0.39 is 0 Å². The van der Waals surface area contributed by atoms with Gasteiger partial charge in [0.1, 0.15) is 0 Å². The molecule has 0 spiro atoms. The Kier molecular flexibility index (Phi) is 3.90. The number of anilines is 1. The van der Waals surface area contributed by atoms with Gasteiger partial charge in [-0.3, -0.25) is 0 Å². The van der Waals surface area contributed by atoms with Gasteiger partial charge in [-0.2, -0.15) is 0 Å². The average Bonchev–Trinajstić information content (AvgIpc) is 2.92. The molecule has 0 aliphatic rings. The number of aromatic nitrogens is 4. The van der Waals surface area contributed by atoms with Crippen molar-refractivity contribution in [3.05, 3.63) is 57.5 Å². The molecule has 3 aromatic rings. The zero-order valence-corrected chi connectivity index (χ0v) is 13.2. The van der Waals surface area contributed by atoms with E-state index in [9.17, 15) is 0 Å². The molecular weight excluding hydrogens is 354 g/mol. The summed E-state index contributed by atoms with van der Waals surface area (Å²) in [5.41, 5.74) is 8.29. The van der Waals surface area contributed by atoms with Crippen molar-refractivity contribution in [2.75, 3.05) is 5.73 Å². The molecule has 3 rings (SSSR count). The van der Waals surface area contributed by atoms with Crippen molar-refractivity contribution in [3.8, 4) is 11.4 Å². The smallest absolute Gasteiger partial charge is 0.183 e. The molecule has 7 heteroatoms. The minimum Gasteiger partial charge on any atom is -0.399 e. The number of nitrogens with zero attached hydrogens (tertiary/aromatic N) is 4. The number of nitrogen functional groups attached to an aromatic ring is 1. The number of rotatable bonds is 3. The molecule has 0 saturated carbocycles. The lowest BCUT2D eigenvalue weighted by atomic mass is 10.2. The third-order valence-electron chi connectivity index (χ3n) is 3.04. The lowest BCUT2D eigenvalue weighted by Gasteiger charge is -2.08. The van der Waals surface area contributed by atoms with Crippen molar-refractivity contribution in [1.29, 1.82) is 0 Å². The summed E-state index contributed by atoms with van der Waals surface area (Å²) in [6.07, 6.45) is 0. The lowest BCUT2D eigenvalue weighted by molar-refractivity contribution is 0.653. The summed E-state index contributed by atoms with van der Waals surface area (Å²) < 4.78 is 2.58. The molecule has 5 nitrogen and oxygen atoms in total. The second kappa shape index (κ2) is 5.83. The predicted molar refractivity (Wildman–Crippen MR) is 85.9 cm³/mol. The molecule has 2 aromatic carbocycles. The SMILES string of the molecule is Nc1ccc(Br)c(-c2nnnn2Cc2ccccc2Cl)c1. The van der Waals surface area contributed by atoms with Crippen LogP contribution in [0.5, 0.6) is 0 Å². The molecule has 1 heterocycles. The molecule has 0 saturated heterocycles. The number of tetrazole rings is 1. The Morgan fingerprint density at radius 2 is 2.00 bits per heavy atom. The summed E-state index contributed by atoms with van der Waals surface area (Å²) in [5.74, 6) is 0.633. The fraction of sp³-hybridized carbons (Fsp3) is 0.0714. The zero-order valence-electron chi connectivity index (χ0n) is 10.9. The maximum Gasteiger partial charge on any atom is 0.183 e. The Morgan fingerprint density at radius 1 is 1.19 bits per heavy atom. The van der Waals surface area contributed by atoms with Gasteiger partial charge >= 0.3 is 0 Å². The lowest BCUT2D eigenvalue weighted by Crippen LogP contribution is -2.05. The van der Waals surface area contributed by atoms with E-state index in [1.165, 1.54) is 0 Å². The van der Waals surface area contributed by atoms with Crippen LogP contribution in [0.25, 0.3) is 11.4 Å². The van der Waals surface area contributed by atoms with Crippen LogP contribution in [0.1, 0.15) is 5.56 Å².